The van der Waals surface area contributed by atoms with Gasteiger partial charge in [0.2, 0.25) is 0 Å². The summed E-state index contributed by atoms with van der Waals surface area (Å²) in [6.07, 6.45) is 6.38. The van der Waals surface area contributed by atoms with Crippen molar-refractivity contribution < 1.29 is 4.74 Å². The zero-order valence-corrected chi connectivity index (χ0v) is 13.6. The number of ether oxygens (including phenoxy) is 1. The van der Waals surface area contributed by atoms with Crippen molar-refractivity contribution in [3.05, 3.63) is 11.9 Å². The van der Waals surface area contributed by atoms with Crippen molar-refractivity contribution in [2.45, 2.75) is 45.2 Å². The number of nitrogens with zero attached hydrogens (tertiary/aromatic N) is 3. The van der Waals surface area contributed by atoms with E-state index >= 15 is 0 Å². The van der Waals surface area contributed by atoms with Gasteiger partial charge in [0.15, 0.2) is 5.75 Å². The molecule has 1 unspecified atom stereocenters. The molecular formula is C15H30N4O. The number of nitrogens with one attached hydrogen (secondary N) is 1. The highest BCUT2D eigenvalue weighted by atomic mass is 16.5. The van der Waals surface area contributed by atoms with E-state index in [1.807, 2.05) is 13.2 Å². The first-order valence-electron chi connectivity index (χ1n) is 7.53. The third-order valence-electron chi connectivity index (χ3n) is 3.66. The predicted octanol–water partition coefficient (Wildman–Crippen LogP) is 1.77. The van der Waals surface area contributed by atoms with Crippen molar-refractivity contribution in [2.75, 3.05) is 34.8 Å². The van der Waals surface area contributed by atoms with Crippen molar-refractivity contribution in [3.63, 3.8) is 0 Å². The fourth-order valence-corrected chi connectivity index (χ4v) is 2.40. The van der Waals surface area contributed by atoms with Gasteiger partial charge >= 0.3 is 0 Å². The van der Waals surface area contributed by atoms with Crippen LogP contribution in [-0.4, -0.2) is 55.5 Å². The average molecular weight is 282 g/mol. The molecule has 5 heteroatoms. The largest absolute Gasteiger partial charge is 0.493 e. The highest BCUT2D eigenvalue weighted by molar-refractivity contribution is 5.25. The van der Waals surface area contributed by atoms with E-state index < -0.39 is 0 Å². The number of aromatic nitrogens is 2. The molecule has 0 saturated carbocycles. The van der Waals surface area contributed by atoms with Gasteiger partial charge in [0, 0.05) is 12.6 Å². The van der Waals surface area contributed by atoms with E-state index in [1.165, 1.54) is 18.5 Å². The molecule has 0 aliphatic carbocycles. The Kier molecular flexibility index (Phi) is 7.62. The Morgan fingerprint density at radius 3 is 2.70 bits per heavy atom. The van der Waals surface area contributed by atoms with E-state index in [-0.39, 0.29) is 0 Å². The average Bonchev–Trinajstić information content (AvgIpc) is 2.83. The summed E-state index contributed by atoms with van der Waals surface area (Å²) in [6.45, 7) is 4.12. The second-order valence-electron chi connectivity index (χ2n) is 5.50. The Hall–Kier alpha value is -1.07. The lowest BCUT2D eigenvalue weighted by molar-refractivity contribution is 0.362. The van der Waals surface area contributed by atoms with Crippen LogP contribution in [0.15, 0.2) is 6.20 Å². The molecule has 116 valence electrons. The van der Waals surface area contributed by atoms with E-state index in [2.05, 4.69) is 41.0 Å². The summed E-state index contributed by atoms with van der Waals surface area (Å²) in [4.78, 5) is 2.17. The Morgan fingerprint density at radius 2 is 2.15 bits per heavy atom. The van der Waals surface area contributed by atoms with Gasteiger partial charge in [-0.1, -0.05) is 13.3 Å². The van der Waals surface area contributed by atoms with E-state index in [0.29, 0.717) is 6.04 Å². The quantitative estimate of drug-likeness (QED) is 0.710. The van der Waals surface area contributed by atoms with Crippen molar-refractivity contribution in [2.24, 2.45) is 0 Å². The lowest BCUT2D eigenvalue weighted by atomic mass is 10.0. The van der Waals surface area contributed by atoms with Gasteiger partial charge in [-0.15, -0.1) is 0 Å². The summed E-state index contributed by atoms with van der Waals surface area (Å²) >= 11 is 0. The SMILES string of the molecule is CCCC(CCc1c(OC)cnn1CCN(C)C)NC. The van der Waals surface area contributed by atoms with E-state index in [1.54, 1.807) is 7.11 Å². The second-order valence-corrected chi connectivity index (χ2v) is 5.50. The van der Waals surface area contributed by atoms with Crippen LogP contribution in [0, 0.1) is 0 Å². The normalized spacial score (nSPS) is 12.9. The molecule has 0 bridgehead atoms. The molecule has 5 nitrogen and oxygen atoms in total. The fourth-order valence-electron chi connectivity index (χ4n) is 2.40. The highest BCUT2D eigenvalue weighted by Gasteiger charge is 2.14. The van der Waals surface area contributed by atoms with Gasteiger partial charge in [-0.2, -0.15) is 5.10 Å². The zero-order valence-electron chi connectivity index (χ0n) is 13.6. The smallest absolute Gasteiger partial charge is 0.159 e. The zero-order chi connectivity index (χ0) is 15.0. The lowest BCUT2D eigenvalue weighted by Gasteiger charge is -2.17. The molecule has 0 aliphatic heterocycles. The van der Waals surface area contributed by atoms with Gasteiger partial charge < -0.3 is 15.0 Å². The van der Waals surface area contributed by atoms with Crippen LogP contribution in [0.1, 0.15) is 31.9 Å². The third kappa shape index (κ3) is 5.13. The number of hydrogen-bond donors (Lipinski definition) is 1. The van der Waals surface area contributed by atoms with Gasteiger partial charge in [0.1, 0.15) is 0 Å². The van der Waals surface area contributed by atoms with E-state index in [4.69, 9.17) is 4.74 Å². The van der Waals surface area contributed by atoms with Crippen molar-refractivity contribution in [1.29, 1.82) is 0 Å². The number of methoxy groups -OCH3 is 1. The first-order valence-corrected chi connectivity index (χ1v) is 7.53. The van der Waals surface area contributed by atoms with Crippen LogP contribution in [0.5, 0.6) is 5.75 Å². The van der Waals surface area contributed by atoms with Crippen molar-refractivity contribution >= 4 is 0 Å². The summed E-state index contributed by atoms with van der Waals surface area (Å²) in [6, 6.07) is 0.571. The van der Waals surface area contributed by atoms with Crippen LogP contribution in [0.4, 0.5) is 0 Å². The minimum Gasteiger partial charge on any atom is -0.493 e. The van der Waals surface area contributed by atoms with Crippen LogP contribution in [-0.2, 0) is 13.0 Å². The molecule has 0 amide bonds. The topological polar surface area (TPSA) is 42.3 Å². The van der Waals surface area contributed by atoms with Gasteiger partial charge in [-0.05, 0) is 40.4 Å². The molecule has 0 aromatic carbocycles. The fraction of sp³-hybridized carbons (Fsp3) is 0.800. The molecule has 1 aromatic heterocycles. The van der Waals surface area contributed by atoms with E-state index in [9.17, 15) is 0 Å². The third-order valence-corrected chi connectivity index (χ3v) is 3.66. The molecular weight excluding hydrogens is 252 g/mol. The molecule has 0 radical (unpaired) electrons. The van der Waals surface area contributed by atoms with Crippen molar-refractivity contribution in [1.82, 2.24) is 20.0 Å². The van der Waals surface area contributed by atoms with Gasteiger partial charge in [0.25, 0.3) is 0 Å². The van der Waals surface area contributed by atoms with Crippen LogP contribution in [0.25, 0.3) is 0 Å². The molecule has 1 aromatic rings. The van der Waals surface area contributed by atoms with E-state index in [0.717, 1.165) is 31.7 Å². The van der Waals surface area contributed by atoms with Crippen LogP contribution in [0.2, 0.25) is 0 Å². The molecule has 0 fully saturated rings. The Morgan fingerprint density at radius 1 is 1.40 bits per heavy atom. The predicted molar refractivity (Wildman–Crippen MR) is 83.4 cm³/mol. The molecule has 1 rings (SSSR count). The molecule has 1 atom stereocenters. The minimum absolute atomic E-state index is 0.571. The molecule has 1 N–H and O–H groups in total. The minimum atomic E-state index is 0.571. The van der Waals surface area contributed by atoms with Crippen LogP contribution < -0.4 is 10.1 Å². The maximum absolute atomic E-state index is 5.44. The summed E-state index contributed by atoms with van der Waals surface area (Å²) in [5.41, 5.74) is 1.21. The summed E-state index contributed by atoms with van der Waals surface area (Å²) in [5.74, 6) is 0.912. The van der Waals surface area contributed by atoms with Gasteiger partial charge in [0.05, 0.1) is 25.5 Å². The standard InChI is InChI=1S/C15H30N4O/c1-6-7-13(16-2)8-9-14-15(20-5)12-17-19(14)11-10-18(3)4/h12-13,16H,6-11H2,1-5H3. The maximum Gasteiger partial charge on any atom is 0.159 e. The first kappa shape index (κ1) is 17.0. The Balaban J connectivity index is 2.67. The second kappa shape index (κ2) is 8.97. The number of likely N-dealkylation sites (N-methyl/N-ethyl adjacent to an activating group) is 1. The Bertz CT molecular complexity index is 376. The van der Waals surface area contributed by atoms with Crippen LogP contribution >= 0.6 is 0 Å². The van der Waals surface area contributed by atoms with Crippen LogP contribution in [0.3, 0.4) is 0 Å². The molecule has 0 spiro atoms. The molecule has 20 heavy (non-hydrogen) atoms. The number of rotatable bonds is 10. The molecule has 0 saturated heterocycles. The monoisotopic (exact) mass is 282 g/mol. The van der Waals surface area contributed by atoms with Gasteiger partial charge in [-0.3, -0.25) is 4.68 Å². The van der Waals surface area contributed by atoms with Gasteiger partial charge in [-0.25, -0.2) is 0 Å². The first-order chi connectivity index (χ1) is 9.62. The molecule has 1 heterocycles. The lowest BCUT2D eigenvalue weighted by Crippen LogP contribution is -2.26. The highest BCUT2D eigenvalue weighted by Crippen LogP contribution is 2.20. The summed E-state index contributed by atoms with van der Waals surface area (Å²) in [7, 11) is 7.93. The Labute approximate surface area is 123 Å². The van der Waals surface area contributed by atoms with Crippen molar-refractivity contribution in [3.8, 4) is 5.75 Å². The summed E-state index contributed by atoms with van der Waals surface area (Å²) in [5, 5.41) is 7.85. The summed E-state index contributed by atoms with van der Waals surface area (Å²) < 4.78 is 7.52. The molecule has 0 aliphatic rings. The number of hydrogen-bond acceptors (Lipinski definition) is 4. The maximum atomic E-state index is 5.44.